The molecule has 110 valence electrons. The first-order chi connectivity index (χ1) is 9.54. The zero-order valence-corrected chi connectivity index (χ0v) is 11.9. The first kappa shape index (κ1) is 16.3. The van der Waals surface area contributed by atoms with Crippen molar-refractivity contribution >= 4 is 24.0 Å². The molecule has 6 nitrogen and oxygen atoms in total. The van der Waals surface area contributed by atoms with Gasteiger partial charge in [-0.1, -0.05) is 17.7 Å². The summed E-state index contributed by atoms with van der Waals surface area (Å²) < 4.78 is 9.79. The zero-order valence-electron chi connectivity index (χ0n) is 11.1. The second-order valence-corrected chi connectivity index (χ2v) is 4.26. The van der Waals surface area contributed by atoms with Crippen molar-refractivity contribution in [1.29, 1.82) is 0 Å². The summed E-state index contributed by atoms with van der Waals surface area (Å²) in [6, 6.07) is 3.37. The van der Waals surface area contributed by atoms with Gasteiger partial charge in [0.05, 0.1) is 18.7 Å². The molecule has 1 rings (SSSR count). The Bertz CT molecular complexity index is 480. The van der Waals surface area contributed by atoms with Gasteiger partial charge in [-0.05, 0) is 24.6 Å². The van der Waals surface area contributed by atoms with Gasteiger partial charge in [0.2, 0.25) is 6.41 Å². The number of aliphatic hydroxyl groups excluding tert-OH is 1. The molecule has 0 spiro atoms. The third-order valence-corrected chi connectivity index (χ3v) is 2.92. The van der Waals surface area contributed by atoms with Gasteiger partial charge in [0.1, 0.15) is 11.9 Å². The molecule has 1 amide bonds. The summed E-state index contributed by atoms with van der Waals surface area (Å²) in [6.45, 7) is 1.78. The SMILES string of the molecule is CCOC(=O)C(NC=O)C(O)c1ccc(OC)c(Cl)c1. The van der Waals surface area contributed by atoms with Crippen molar-refractivity contribution in [3.63, 3.8) is 0 Å². The number of hydrogen-bond donors (Lipinski definition) is 2. The minimum Gasteiger partial charge on any atom is -0.495 e. The molecular weight excluding hydrogens is 286 g/mol. The van der Waals surface area contributed by atoms with E-state index in [1.807, 2.05) is 0 Å². The minimum absolute atomic E-state index is 0.145. The first-order valence-electron chi connectivity index (χ1n) is 5.93. The lowest BCUT2D eigenvalue weighted by Gasteiger charge is -2.21. The molecule has 0 fully saturated rings. The maximum Gasteiger partial charge on any atom is 0.331 e. The molecule has 2 atom stereocenters. The van der Waals surface area contributed by atoms with Crippen LogP contribution in [0.2, 0.25) is 5.02 Å². The summed E-state index contributed by atoms with van der Waals surface area (Å²) in [7, 11) is 1.46. The molecule has 0 saturated carbocycles. The Hall–Kier alpha value is -1.79. The summed E-state index contributed by atoms with van der Waals surface area (Å²) in [4.78, 5) is 22.2. The van der Waals surface area contributed by atoms with E-state index in [-0.39, 0.29) is 11.6 Å². The highest BCUT2D eigenvalue weighted by molar-refractivity contribution is 6.32. The molecule has 7 heteroatoms. The molecule has 0 aliphatic heterocycles. The van der Waals surface area contributed by atoms with E-state index < -0.39 is 18.1 Å². The van der Waals surface area contributed by atoms with Crippen LogP contribution in [-0.2, 0) is 14.3 Å². The second-order valence-electron chi connectivity index (χ2n) is 3.85. The van der Waals surface area contributed by atoms with Crippen LogP contribution in [0.3, 0.4) is 0 Å². The zero-order chi connectivity index (χ0) is 15.1. The van der Waals surface area contributed by atoms with Gasteiger partial charge in [-0.15, -0.1) is 0 Å². The fourth-order valence-corrected chi connectivity index (χ4v) is 1.92. The van der Waals surface area contributed by atoms with Crippen LogP contribution in [0.5, 0.6) is 5.75 Å². The fraction of sp³-hybridized carbons (Fsp3) is 0.385. The van der Waals surface area contributed by atoms with Gasteiger partial charge in [-0.25, -0.2) is 4.79 Å². The summed E-state index contributed by atoms with van der Waals surface area (Å²) >= 11 is 5.95. The van der Waals surface area contributed by atoms with Crippen molar-refractivity contribution < 1.29 is 24.2 Å². The highest BCUT2D eigenvalue weighted by Gasteiger charge is 2.29. The maximum atomic E-state index is 11.7. The number of hydrogen-bond acceptors (Lipinski definition) is 5. The third-order valence-electron chi connectivity index (χ3n) is 2.62. The number of carbonyl (C=O) groups is 2. The number of aliphatic hydroxyl groups is 1. The second kappa shape index (κ2) is 7.72. The van der Waals surface area contributed by atoms with Gasteiger partial charge in [-0.2, -0.15) is 0 Å². The molecule has 2 N–H and O–H groups in total. The average Bonchev–Trinajstić information content (AvgIpc) is 2.44. The molecule has 0 aliphatic carbocycles. The van der Waals surface area contributed by atoms with Crippen molar-refractivity contribution in [3.8, 4) is 5.75 Å². The molecule has 0 aromatic heterocycles. The van der Waals surface area contributed by atoms with Gasteiger partial charge in [0.25, 0.3) is 0 Å². The Kier molecular flexibility index (Phi) is 6.27. The van der Waals surface area contributed by atoms with Crippen LogP contribution in [0.15, 0.2) is 18.2 Å². The van der Waals surface area contributed by atoms with Gasteiger partial charge in [-0.3, -0.25) is 4.79 Å². The normalized spacial score (nSPS) is 13.2. The minimum atomic E-state index is -1.28. The van der Waals surface area contributed by atoms with E-state index >= 15 is 0 Å². The molecule has 0 radical (unpaired) electrons. The Morgan fingerprint density at radius 3 is 2.75 bits per heavy atom. The van der Waals surface area contributed by atoms with Crippen LogP contribution in [0.25, 0.3) is 0 Å². The number of rotatable bonds is 7. The van der Waals surface area contributed by atoms with E-state index in [0.29, 0.717) is 17.7 Å². The van der Waals surface area contributed by atoms with Gasteiger partial charge in [0.15, 0.2) is 6.04 Å². The molecule has 0 aliphatic rings. The highest BCUT2D eigenvalue weighted by atomic mass is 35.5. The summed E-state index contributed by atoms with van der Waals surface area (Å²) in [6.07, 6.45) is -0.946. The Labute approximate surface area is 121 Å². The molecule has 0 saturated heterocycles. The number of halogens is 1. The number of amides is 1. The van der Waals surface area contributed by atoms with E-state index in [2.05, 4.69) is 5.32 Å². The highest BCUT2D eigenvalue weighted by Crippen LogP contribution is 2.28. The monoisotopic (exact) mass is 301 g/mol. The van der Waals surface area contributed by atoms with E-state index in [4.69, 9.17) is 21.1 Å². The number of benzene rings is 1. The molecule has 20 heavy (non-hydrogen) atoms. The van der Waals surface area contributed by atoms with Crippen molar-refractivity contribution in [3.05, 3.63) is 28.8 Å². The van der Waals surface area contributed by atoms with Gasteiger partial charge >= 0.3 is 5.97 Å². The smallest absolute Gasteiger partial charge is 0.331 e. The average molecular weight is 302 g/mol. The predicted molar refractivity (Wildman–Crippen MR) is 72.6 cm³/mol. The number of nitrogens with one attached hydrogen (secondary N) is 1. The third kappa shape index (κ3) is 3.85. The summed E-state index contributed by atoms with van der Waals surface area (Å²) in [5, 5.41) is 12.7. The van der Waals surface area contributed by atoms with Gasteiger partial charge < -0.3 is 19.9 Å². The van der Waals surface area contributed by atoms with E-state index in [1.54, 1.807) is 19.1 Å². The van der Waals surface area contributed by atoms with E-state index in [1.165, 1.54) is 13.2 Å². The molecule has 0 bridgehead atoms. The lowest BCUT2D eigenvalue weighted by atomic mass is 10.0. The number of carbonyl (C=O) groups excluding carboxylic acids is 2. The fourth-order valence-electron chi connectivity index (χ4n) is 1.65. The topological polar surface area (TPSA) is 84.9 Å². The van der Waals surface area contributed by atoms with Crippen LogP contribution in [0.1, 0.15) is 18.6 Å². The summed E-state index contributed by atoms with van der Waals surface area (Å²) in [5.74, 6) is -0.280. The molecule has 1 aromatic rings. The molecule has 2 unspecified atom stereocenters. The summed E-state index contributed by atoms with van der Waals surface area (Å²) in [5.41, 5.74) is 0.364. The van der Waals surface area contributed by atoms with Crippen molar-refractivity contribution in [1.82, 2.24) is 5.32 Å². The number of esters is 1. The first-order valence-corrected chi connectivity index (χ1v) is 6.30. The van der Waals surface area contributed by atoms with Crippen LogP contribution in [0.4, 0.5) is 0 Å². The molecular formula is C13H16ClNO5. The van der Waals surface area contributed by atoms with Crippen LogP contribution < -0.4 is 10.1 Å². The lowest BCUT2D eigenvalue weighted by molar-refractivity contribution is -0.149. The van der Waals surface area contributed by atoms with Crippen LogP contribution in [-0.4, -0.2) is 37.2 Å². The van der Waals surface area contributed by atoms with Crippen LogP contribution in [0, 0.1) is 0 Å². The predicted octanol–water partition coefficient (Wildman–Crippen LogP) is 1.06. The largest absolute Gasteiger partial charge is 0.495 e. The Morgan fingerprint density at radius 1 is 1.55 bits per heavy atom. The Morgan fingerprint density at radius 2 is 2.25 bits per heavy atom. The van der Waals surface area contributed by atoms with Crippen LogP contribution >= 0.6 is 11.6 Å². The molecule has 1 aromatic carbocycles. The van der Waals surface area contributed by atoms with Crippen molar-refractivity contribution in [2.24, 2.45) is 0 Å². The standard InChI is InChI=1S/C13H16ClNO5/c1-3-20-13(18)11(15-7-16)12(17)8-4-5-10(19-2)9(14)6-8/h4-7,11-12,17H,3H2,1-2H3,(H,15,16). The maximum absolute atomic E-state index is 11.7. The number of ether oxygens (including phenoxy) is 2. The van der Waals surface area contributed by atoms with E-state index in [9.17, 15) is 14.7 Å². The Balaban J connectivity index is 2.99. The lowest BCUT2D eigenvalue weighted by Crippen LogP contribution is -2.42. The van der Waals surface area contributed by atoms with Gasteiger partial charge in [0, 0.05) is 0 Å². The van der Waals surface area contributed by atoms with E-state index in [0.717, 1.165) is 0 Å². The quantitative estimate of drug-likeness (QED) is 0.581. The number of methoxy groups -OCH3 is 1. The van der Waals surface area contributed by atoms with Crippen molar-refractivity contribution in [2.45, 2.75) is 19.1 Å². The molecule has 0 heterocycles. The van der Waals surface area contributed by atoms with Crippen molar-refractivity contribution in [2.75, 3.05) is 13.7 Å².